The summed E-state index contributed by atoms with van der Waals surface area (Å²) in [6.07, 6.45) is 1.42. The highest BCUT2D eigenvalue weighted by Crippen LogP contribution is 2.67. The number of amides is 1. The van der Waals surface area contributed by atoms with E-state index in [0.29, 0.717) is 24.3 Å². The van der Waals surface area contributed by atoms with E-state index in [-0.39, 0.29) is 24.3 Å². The van der Waals surface area contributed by atoms with Gasteiger partial charge in [0, 0.05) is 12.1 Å². The van der Waals surface area contributed by atoms with Crippen LogP contribution in [0.4, 0.5) is 0 Å². The van der Waals surface area contributed by atoms with Gasteiger partial charge in [-0.1, -0.05) is 5.16 Å². The number of carboxylic acids is 1. The summed E-state index contributed by atoms with van der Waals surface area (Å²) in [7, 11) is 0. The summed E-state index contributed by atoms with van der Waals surface area (Å²) in [5.74, 6) is -0.0594. The fourth-order valence-electron chi connectivity index (χ4n) is 2.88. The van der Waals surface area contributed by atoms with Crippen LogP contribution in [0.1, 0.15) is 24.3 Å². The second-order valence-corrected chi connectivity index (χ2v) is 5.26. The van der Waals surface area contributed by atoms with Gasteiger partial charge in [-0.3, -0.25) is 9.59 Å². The van der Waals surface area contributed by atoms with Crippen molar-refractivity contribution < 1.29 is 19.2 Å². The van der Waals surface area contributed by atoms with Gasteiger partial charge in [-0.2, -0.15) is 0 Å². The summed E-state index contributed by atoms with van der Waals surface area (Å²) in [5.41, 5.74) is 0.0761. The highest BCUT2D eigenvalue weighted by molar-refractivity contribution is 5.83. The first kappa shape index (κ1) is 11.3. The molecule has 0 bridgehead atoms. The predicted octanol–water partition coefficient (Wildman–Crippen LogP) is 0.505. The van der Waals surface area contributed by atoms with Gasteiger partial charge in [0.1, 0.15) is 5.76 Å². The molecule has 0 aliphatic heterocycles. The lowest BCUT2D eigenvalue weighted by atomic mass is 9.80. The number of fused-ring (bicyclic) bond motifs is 1. The summed E-state index contributed by atoms with van der Waals surface area (Å²) >= 11 is 0. The molecule has 2 aliphatic rings. The van der Waals surface area contributed by atoms with E-state index >= 15 is 0 Å². The third-order valence-electron chi connectivity index (χ3n) is 3.99. The number of rotatable bonds is 4. The molecule has 2 aliphatic carbocycles. The molecule has 3 atom stereocenters. The van der Waals surface area contributed by atoms with Crippen molar-refractivity contribution in [2.75, 3.05) is 0 Å². The molecule has 0 radical (unpaired) electrons. The van der Waals surface area contributed by atoms with Crippen LogP contribution in [0, 0.1) is 18.3 Å². The maximum absolute atomic E-state index is 11.7. The second-order valence-electron chi connectivity index (χ2n) is 5.26. The van der Waals surface area contributed by atoms with Crippen LogP contribution in [-0.2, 0) is 16.0 Å². The third kappa shape index (κ3) is 1.60. The van der Waals surface area contributed by atoms with Gasteiger partial charge in [0.15, 0.2) is 0 Å². The number of carboxylic acid groups (broad SMARTS) is 1. The maximum Gasteiger partial charge on any atom is 0.310 e. The number of nitrogens with one attached hydrogen (secondary N) is 1. The Morgan fingerprint density at radius 1 is 1.61 bits per heavy atom. The fraction of sp³-hybridized carbons (Fsp3) is 0.583. The highest BCUT2D eigenvalue weighted by atomic mass is 16.5. The van der Waals surface area contributed by atoms with E-state index in [9.17, 15) is 9.59 Å². The molecule has 18 heavy (non-hydrogen) atoms. The molecule has 2 N–H and O–H groups in total. The van der Waals surface area contributed by atoms with Crippen molar-refractivity contribution in [3.05, 3.63) is 17.5 Å². The van der Waals surface area contributed by atoms with Crippen LogP contribution < -0.4 is 5.32 Å². The molecule has 0 saturated heterocycles. The molecule has 1 amide bonds. The van der Waals surface area contributed by atoms with Crippen molar-refractivity contribution in [1.29, 1.82) is 0 Å². The van der Waals surface area contributed by atoms with Crippen molar-refractivity contribution in [3.63, 3.8) is 0 Å². The Bertz CT molecular complexity index is 524. The zero-order valence-corrected chi connectivity index (χ0v) is 9.97. The Kier molecular flexibility index (Phi) is 2.23. The minimum atomic E-state index is -0.731. The lowest BCUT2D eigenvalue weighted by Gasteiger charge is -2.32. The molecule has 0 spiro atoms. The Balaban J connectivity index is 1.51. The van der Waals surface area contributed by atoms with Crippen LogP contribution in [0.2, 0.25) is 0 Å². The number of carbonyl (C=O) groups is 2. The molecule has 1 aromatic heterocycles. The van der Waals surface area contributed by atoms with Gasteiger partial charge in [-0.25, -0.2) is 0 Å². The average molecular weight is 250 g/mol. The minimum absolute atomic E-state index is 0.0154. The Labute approximate surface area is 103 Å². The van der Waals surface area contributed by atoms with Crippen LogP contribution in [0.15, 0.2) is 10.6 Å². The smallest absolute Gasteiger partial charge is 0.310 e. The molecule has 1 heterocycles. The topological polar surface area (TPSA) is 92.4 Å². The first-order valence-electron chi connectivity index (χ1n) is 5.96. The monoisotopic (exact) mass is 250 g/mol. The zero-order chi connectivity index (χ0) is 12.9. The fourth-order valence-corrected chi connectivity index (χ4v) is 2.88. The Morgan fingerprint density at radius 2 is 2.39 bits per heavy atom. The molecule has 1 aromatic rings. The zero-order valence-electron chi connectivity index (χ0n) is 9.97. The molecule has 0 aromatic carbocycles. The van der Waals surface area contributed by atoms with Crippen molar-refractivity contribution in [2.45, 2.75) is 32.2 Å². The largest absolute Gasteiger partial charge is 0.481 e. The number of aliphatic carboxylic acids is 1. The molecule has 2 saturated carbocycles. The van der Waals surface area contributed by atoms with Gasteiger partial charge in [0.2, 0.25) is 5.91 Å². The minimum Gasteiger partial charge on any atom is -0.481 e. The van der Waals surface area contributed by atoms with Gasteiger partial charge in [-0.15, -0.1) is 0 Å². The Hall–Kier alpha value is -1.85. The van der Waals surface area contributed by atoms with Gasteiger partial charge >= 0.3 is 5.97 Å². The molecular weight excluding hydrogens is 236 g/mol. The molecule has 3 rings (SSSR count). The first-order valence-corrected chi connectivity index (χ1v) is 5.96. The highest BCUT2D eigenvalue weighted by Gasteiger charge is 2.72. The Morgan fingerprint density at radius 3 is 2.89 bits per heavy atom. The number of nitrogens with zero attached hydrogens (tertiary/aromatic N) is 1. The second kappa shape index (κ2) is 3.57. The first-order chi connectivity index (χ1) is 8.51. The third-order valence-corrected chi connectivity index (χ3v) is 3.99. The normalized spacial score (nSPS) is 32.3. The summed E-state index contributed by atoms with van der Waals surface area (Å²) in [6, 6.07) is 1.74. The number of aromatic nitrogens is 1. The predicted molar refractivity (Wildman–Crippen MR) is 59.7 cm³/mol. The quantitative estimate of drug-likeness (QED) is 0.812. The number of aryl methyl sites for hydroxylation is 1. The molecule has 0 unspecified atom stereocenters. The van der Waals surface area contributed by atoms with E-state index in [0.717, 1.165) is 0 Å². The molecular formula is C12H14N2O4. The number of hydrogen-bond donors (Lipinski definition) is 2. The lowest BCUT2D eigenvalue weighted by molar-refractivity contribution is -0.148. The molecule has 6 heteroatoms. The van der Waals surface area contributed by atoms with Gasteiger partial charge < -0.3 is 14.9 Å². The number of hydrogen-bond acceptors (Lipinski definition) is 4. The van der Waals surface area contributed by atoms with E-state index in [1.54, 1.807) is 13.0 Å². The van der Waals surface area contributed by atoms with Crippen LogP contribution in [0.3, 0.4) is 0 Å². The average Bonchev–Trinajstić information content (AvgIpc) is 2.70. The summed E-state index contributed by atoms with van der Waals surface area (Å²) < 4.78 is 4.88. The van der Waals surface area contributed by atoms with Crippen molar-refractivity contribution in [1.82, 2.24) is 10.5 Å². The van der Waals surface area contributed by atoms with Crippen molar-refractivity contribution in [3.8, 4) is 0 Å². The molecule has 2 fully saturated rings. The van der Waals surface area contributed by atoms with E-state index in [4.69, 9.17) is 9.63 Å². The van der Waals surface area contributed by atoms with Crippen LogP contribution in [0.25, 0.3) is 0 Å². The molecule has 6 nitrogen and oxygen atoms in total. The lowest BCUT2D eigenvalue weighted by Crippen LogP contribution is -2.48. The van der Waals surface area contributed by atoms with Gasteiger partial charge in [0.25, 0.3) is 0 Å². The van der Waals surface area contributed by atoms with Crippen molar-refractivity contribution >= 4 is 11.9 Å². The van der Waals surface area contributed by atoms with Gasteiger partial charge in [0.05, 0.1) is 17.5 Å². The van der Waals surface area contributed by atoms with E-state index in [1.165, 1.54) is 0 Å². The van der Waals surface area contributed by atoms with E-state index in [2.05, 4.69) is 10.5 Å². The maximum atomic E-state index is 11.7. The number of carbonyl (C=O) groups excluding carboxylic acids is 1. The molecule has 96 valence electrons. The summed E-state index contributed by atoms with van der Waals surface area (Å²) in [6.45, 7) is 1.77. The van der Waals surface area contributed by atoms with E-state index < -0.39 is 11.4 Å². The summed E-state index contributed by atoms with van der Waals surface area (Å²) in [5, 5.41) is 15.6. The van der Waals surface area contributed by atoms with E-state index in [1.807, 2.05) is 0 Å². The SMILES string of the molecule is Cc1cc(CC(=O)N[C@@H]2C[C@@]3(C(=O)O)C[C@@H]23)no1. The summed E-state index contributed by atoms with van der Waals surface area (Å²) in [4.78, 5) is 22.7. The van der Waals surface area contributed by atoms with Gasteiger partial charge in [-0.05, 0) is 25.7 Å². The standard InChI is InChI=1S/C12H14N2O4/c1-6-2-7(14-18-6)3-10(15)13-9-5-12(11(16)17)4-8(9)12/h2,8-9H,3-5H2,1H3,(H,13,15)(H,16,17)/t8-,9+,12-/m0/s1. The van der Waals surface area contributed by atoms with Crippen molar-refractivity contribution in [2.24, 2.45) is 11.3 Å². The van der Waals surface area contributed by atoms with Crippen LogP contribution in [-0.4, -0.2) is 28.2 Å². The van der Waals surface area contributed by atoms with Crippen LogP contribution in [0.5, 0.6) is 0 Å². The van der Waals surface area contributed by atoms with Crippen LogP contribution >= 0.6 is 0 Å².